The number of hydrogen-bond acceptors (Lipinski definition) is 8. The molecule has 1 saturated heterocycles. The third-order valence-electron chi connectivity index (χ3n) is 7.34. The maximum Gasteiger partial charge on any atom is 0.341 e. The van der Waals surface area contributed by atoms with Crippen LogP contribution in [0.25, 0.3) is 0 Å². The van der Waals surface area contributed by atoms with Gasteiger partial charge in [0.15, 0.2) is 11.5 Å². The first kappa shape index (κ1) is 29.1. The molecule has 1 fully saturated rings. The van der Waals surface area contributed by atoms with Crippen molar-refractivity contribution in [2.45, 2.75) is 45.4 Å². The van der Waals surface area contributed by atoms with Crippen LogP contribution in [0, 0.1) is 18.8 Å². The summed E-state index contributed by atoms with van der Waals surface area (Å²) in [6.45, 7) is 9.03. The van der Waals surface area contributed by atoms with Crippen molar-refractivity contribution in [3.63, 3.8) is 0 Å². The predicted octanol–water partition coefficient (Wildman–Crippen LogP) is 5.47. The Labute approximate surface area is 244 Å². The Kier molecular flexibility index (Phi) is 8.40. The molecule has 5 rings (SSSR count). The van der Waals surface area contributed by atoms with E-state index in [9.17, 15) is 18.0 Å². The van der Waals surface area contributed by atoms with Crippen LogP contribution < -0.4 is 14.8 Å². The molecule has 0 bridgehead atoms. The summed E-state index contributed by atoms with van der Waals surface area (Å²) >= 11 is 1.31. The summed E-state index contributed by atoms with van der Waals surface area (Å²) < 4.78 is 44.2. The number of carbonyl (C=O) groups is 2. The van der Waals surface area contributed by atoms with Crippen molar-refractivity contribution in [1.29, 1.82) is 0 Å². The Hall–Kier alpha value is -3.41. The second kappa shape index (κ2) is 11.8. The maximum absolute atomic E-state index is 13.3. The topological polar surface area (TPSA) is 111 Å². The number of carbonyl (C=O) groups excluding carboxylic acids is 2. The lowest BCUT2D eigenvalue weighted by Crippen LogP contribution is -2.42. The Morgan fingerprint density at radius 1 is 1.05 bits per heavy atom. The second-order valence-corrected chi connectivity index (χ2v) is 13.7. The van der Waals surface area contributed by atoms with E-state index in [-0.39, 0.29) is 35.7 Å². The molecule has 11 heteroatoms. The van der Waals surface area contributed by atoms with E-state index in [1.54, 1.807) is 6.92 Å². The van der Waals surface area contributed by atoms with Gasteiger partial charge in [-0.05, 0) is 79.6 Å². The van der Waals surface area contributed by atoms with Crippen LogP contribution in [-0.2, 0) is 21.2 Å². The number of hydrogen-bond donors (Lipinski definition) is 1. The van der Waals surface area contributed by atoms with Gasteiger partial charge in [-0.15, -0.1) is 11.3 Å². The standard InChI is InChI=1S/C30H34N2O7S2/c1-5-37-30(34)27-20(4)26(14-21-6-11-24-25(13-21)39-17-38-24)40-29(27)31-28(33)22-7-9-23(10-8-22)41(35,36)32-15-18(2)12-19(3)16-32/h6-11,13,18-19H,5,12,14-17H2,1-4H3,(H,31,33). The lowest BCUT2D eigenvalue weighted by Gasteiger charge is -2.34. The molecule has 3 aromatic rings. The molecule has 9 nitrogen and oxygen atoms in total. The largest absolute Gasteiger partial charge is 0.462 e. The molecule has 2 aromatic carbocycles. The van der Waals surface area contributed by atoms with Crippen LogP contribution >= 0.6 is 11.3 Å². The van der Waals surface area contributed by atoms with Crippen LogP contribution in [0.1, 0.15) is 63.9 Å². The molecule has 41 heavy (non-hydrogen) atoms. The maximum atomic E-state index is 13.3. The van der Waals surface area contributed by atoms with Gasteiger partial charge in [-0.1, -0.05) is 19.9 Å². The van der Waals surface area contributed by atoms with Crippen LogP contribution in [0.4, 0.5) is 5.00 Å². The van der Waals surface area contributed by atoms with Gasteiger partial charge in [0.25, 0.3) is 5.91 Å². The molecule has 1 N–H and O–H groups in total. The number of nitrogens with one attached hydrogen (secondary N) is 1. The molecule has 2 aliphatic rings. The smallest absolute Gasteiger partial charge is 0.341 e. The Morgan fingerprint density at radius 3 is 2.41 bits per heavy atom. The number of fused-ring (bicyclic) bond motifs is 1. The van der Waals surface area contributed by atoms with Gasteiger partial charge in [0.2, 0.25) is 16.8 Å². The van der Waals surface area contributed by atoms with Crippen molar-refractivity contribution in [3.8, 4) is 11.5 Å². The summed E-state index contributed by atoms with van der Waals surface area (Å²) in [6.07, 6.45) is 1.52. The Morgan fingerprint density at radius 2 is 1.73 bits per heavy atom. The molecular formula is C30H34N2O7S2. The minimum absolute atomic E-state index is 0.153. The minimum Gasteiger partial charge on any atom is -0.462 e. The lowest BCUT2D eigenvalue weighted by molar-refractivity contribution is 0.0527. The van der Waals surface area contributed by atoms with Gasteiger partial charge in [0.05, 0.1) is 17.1 Å². The highest BCUT2D eigenvalue weighted by Gasteiger charge is 2.32. The van der Waals surface area contributed by atoms with Crippen LogP contribution in [0.3, 0.4) is 0 Å². The summed E-state index contributed by atoms with van der Waals surface area (Å²) in [7, 11) is -3.66. The molecule has 2 atom stereocenters. The van der Waals surface area contributed by atoms with Gasteiger partial charge in [0, 0.05) is 30.0 Å². The molecule has 0 aliphatic carbocycles. The zero-order chi connectivity index (χ0) is 29.3. The molecule has 2 aliphatic heterocycles. The summed E-state index contributed by atoms with van der Waals surface area (Å²) in [5, 5.41) is 3.25. The number of thiophene rings is 1. The van der Waals surface area contributed by atoms with Crippen molar-refractivity contribution in [2.75, 3.05) is 31.8 Å². The molecular weight excluding hydrogens is 564 g/mol. The van der Waals surface area contributed by atoms with Gasteiger partial charge in [-0.25, -0.2) is 13.2 Å². The average molecular weight is 599 g/mol. The summed E-state index contributed by atoms with van der Waals surface area (Å²) in [5.74, 6) is 0.976. The van der Waals surface area contributed by atoms with Gasteiger partial charge in [-0.2, -0.15) is 4.31 Å². The highest BCUT2D eigenvalue weighted by molar-refractivity contribution is 7.89. The fourth-order valence-corrected chi connectivity index (χ4v) is 8.31. The number of sulfonamides is 1. The van der Waals surface area contributed by atoms with E-state index in [1.807, 2.05) is 25.1 Å². The quantitative estimate of drug-likeness (QED) is 0.342. The number of nitrogens with zero attached hydrogens (tertiary/aromatic N) is 1. The van der Waals surface area contributed by atoms with Crippen molar-refractivity contribution in [3.05, 3.63) is 69.6 Å². The van der Waals surface area contributed by atoms with Crippen molar-refractivity contribution in [1.82, 2.24) is 4.31 Å². The molecule has 3 heterocycles. The van der Waals surface area contributed by atoms with Gasteiger partial charge in [0.1, 0.15) is 5.00 Å². The van der Waals surface area contributed by atoms with E-state index in [0.717, 1.165) is 22.4 Å². The van der Waals surface area contributed by atoms with E-state index in [0.29, 0.717) is 41.6 Å². The predicted molar refractivity (Wildman–Crippen MR) is 156 cm³/mol. The number of piperidine rings is 1. The minimum atomic E-state index is -3.66. The molecule has 0 saturated carbocycles. The molecule has 2 unspecified atom stereocenters. The number of ether oxygens (including phenoxy) is 3. The van der Waals surface area contributed by atoms with E-state index in [2.05, 4.69) is 19.2 Å². The first-order valence-corrected chi connectivity index (χ1v) is 15.9. The number of amides is 1. The monoisotopic (exact) mass is 598 g/mol. The fraction of sp³-hybridized carbons (Fsp3) is 0.400. The fourth-order valence-electron chi connectivity index (χ4n) is 5.41. The third-order valence-corrected chi connectivity index (χ3v) is 10.4. The normalized spacial score (nSPS) is 18.7. The first-order valence-electron chi connectivity index (χ1n) is 13.7. The van der Waals surface area contributed by atoms with Crippen molar-refractivity contribution in [2.24, 2.45) is 11.8 Å². The van der Waals surface area contributed by atoms with Gasteiger partial charge >= 0.3 is 5.97 Å². The van der Waals surface area contributed by atoms with Crippen LogP contribution in [-0.4, -0.2) is 51.1 Å². The summed E-state index contributed by atoms with van der Waals surface area (Å²) in [5.41, 5.74) is 2.30. The summed E-state index contributed by atoms with van der Waals surface area (Å²) in [6, 6.07) is 11.6. The van der Waals surface area contributed by atoms with Gasteiger partial charge < -0.3 is 19.5 Å². The van der Waals surface area contributed by atoms with Crippen LogP contribution in [0.5, 0.6) is 11.5 Å². The van der Waals surface area contributed by atoms with Crippen LogP contribution in [0.2, 0.25) is 0 Å². The van der Waals surface area contributed by atoms with E-state index in [1.165, 1.54) is 39.9 Å². The van der Waals surface area contributed by atoms with E-state index >= 15 is 0 Å². The molecule has 0 spiro atoms. The third kappa shape index (κ3) is 6.12. The van der Waals surface area contributed by atoms with Crippen molar-refractivity contribution < 1.29 is 32.2 Å². The highest BCUT2D eigenvalue weighted by Crippen LogP contribution is 2.38. The molecule has 1 amide bonds. The molecule has 1 aromatic heterocycles. The zero-order valence-corrected chi connectivity index (χ0v) is 25.2. The highest BCUT2D eigenvalue weighted by atomic mass is 32.2. The second-order valence-electron chi connectivity index (χ2n) is 10.7. The van der Waals surface area contributed by atoms with Gasteiger partial charge in [-0.3, -0.25) is 4.79 Å². The number of rotatable bonds is 8. The Balaban J connectivity index is 1.37. The zero-order valence-electron chi connectivity index (χ0n) is 23.6. The average Bonchev–Trinajstić information content (AvgIpc) is 3.52. The van der Waals surface area contributed by atoms with Crippen LogP contribution in [0.15, 0.2) is 47.4 Å². The molecule has 218 valence electrons. The molecule has 0 radical (unpaired) electrons. The SMILES string of the molecule is CCOC(=O)c1c(NC(=O)c2ccc(S(=O)(=O)N3CC(C)CC(C)C3)cc2)sc(Cc2ccc3c(c2)OCO3)c1C. The first-order chi connectivity index (χ1) is 19.6. The number of benzene rings is 2. The van der Waals surface area contributed by atoms with E-state index in [4.69, 9.17) is 14.2 Å². The lowest BCUT2D eigenvalue weighted by atomic mass is 9.94. The number of anilines is 1. The van der Waals surface area contributed by atoms with Crippen molar-refractivity contribution >= 4 is 38.2 Å². The Bertz CT molecular complexity index is 1550. The number of esters is 1. The summed E-state index contributed by atoms with van der Waals surface area (Å²) in [4.78, 5) is 27.2. The van der Waals surface area contributed by atoms with E-state index < -0.39 is 21.9 Å².